The summed E-state index contributed by atoms with van der Waals surface area (Å²) in [6.45, 7) is 5.99. The van der Waals surface area contributed by atoms with Gasteiger partial charge < -0.3 is 15.7 Å². The summed E-state index contributed by atoms with van der Waals surface area (Å²) in [6.07, 6.45) is 3.36. The number of hydrogen-bond donors (Lipinski definition) is 3. The number of rotatable bonds is 7. The van der Waals surface area contributed by atoms with Crippen LogP contribution in [0.4, 0.5) is 10.5 Å². The lowest BCUT2D eigenvalue weighted by atomic mass is 9.94. The first-order valence-electron chi connectivity index (χ1n) is 7.38. The molecule has 0 atom stereocenters. The van der Waals surface area contributed by atoms with Crippen LogP contribution in [0.5, 0.6) is 0 Å². The van der Waals surface area contributed by atoms with E-state index in [1.165, 1.54) is 0 Å². The van der Waals surface area contributed by atoms with E-state index in [1.807, 2.05) is 38.1 Å². The first-order valence-corrected chi connectivity index (χ1v) is 7.38. The van der Waals surface area contributed by atoms with Crippen LogP contribution in [-0.2, 0) is 6.42 Å². The number of aliphatic hydroxyl groups excluding tert-OH is 1. The Bertz CT molecular complexity index is 420. The maximum atomic E-state index is 12.1. The van der Waals surface area contributed by atoms with Gasteiger partial charge in [-0.15, -0.1) is 0 Å². The fourth-order valence-electron chi connectivity index (χ4n) is 2.21. The largest absolute Gasteiger partial charge is 0.394 e. The fraction of sp³-hybridized carbons (Fsp3) is 0.562. The average molecular weight is 278 g/mol. The smallest absolute Gasteiger partial charge is 0.319 e. The molecule has 0 aliphatic carbocycles. The molecule has 0 spiro atoms. The van der Waals surface area contributed by atoms with Crippen molar-refractivity contribution in [3.63, 3.8) is 0 Å². The van der Waals surface area contributed by atoms with Gasteiger partial charge in [0.15, 0.2) is 0 Å². The molecule has 112 valence electrons. The van der Waals surface area contributed by atoms with Crippen LogP contribution >= 0.6 is 0 Å². The average Bonchev–Trinajstić information content (AvgIpc) is 2.47. The van der Waals surface area contributed by atoms with E-state index in [4.69, 9.17) is 0 Å². The summed E-state index contributed by atoms with van der Waals surface area (Å²) in [5.41, 5.74) is 1.43. The summed E-state index contributed by atoms with van der Waals surface area (Å²) in [5.74, 6) is 0. The van der Waals surface area contributed by atoms with Gasteiger partial charge in [-0.05, 0) is 30.9 Å². The molecule has 0 saturated carbocycles. The lowest BCUT2D eigenvalue weighted by Gasteiger charge is -2.30. The molecule has 3 N–H and O–H groups in total. The van der Waals surface area contributed by atoms with Crippen LogP contribution in [0, 0.1) is 0 Å². The first kappa shape index (κ1) is 16.5. The molecule has 0 saturated heterocycles. The highest BCUT2D eigenvalue weighted by Gasteiger charge is 2.27. The van der Waals surface area contributed by atoms with Crippen LogP contribution in [0.3, 0.4) is 0 Å². The predicted molar refractivity (Wildman–Crippen MR) is 83.0 cm³/mol. The van der Waals surface area contributed by atoms with Crippen LogP contribution in [0.2, 0.25) is 0 Å². The molecule has 0 fully saturated rings. The Morgan fingerprint density at radius 1 is 1.20 bits per heavy atom. The lowest BCUT2D eigenvalue weighted by Crippen LogP contribution is -2.52. The van der Waals surface area contributed by atoms with Crippen molar-refractivity contribution in [3.8, 4) is 0 Å². The van der Waals surface area contributed by atoms with Crippen molar-refractivity contribution in [1.82, 2.24) is 5.32 Å². The molecule has 0 bridgehead atoms. The van der Waals surface area contributed by atoms with Crippen molar-refractivity contribution in [2.24, 2.45) is 0 Å². The van der Waals surface area contributed by atoms with Gasteiger partial charge in [-0.2, -0.15) is 0 Å². The summed E-state index contributed by atoms with van der Waals surface area (Å²) >= 11 is 0. The molecule has 1 aromatic rings. The van der Waals surface area contributed by atoms with Crippen LogP contribution in [0.25, 0.3) is 0 Å². The van der Waals surface area contributed by atoms with Crippen molar-refractivity contribution in [3.05, 3.63) is 29.8 Å². The summed E-state index contributed by atoms with van der Waals surface area (Å²) < 4.78 is 0. The zero-order valence-corrected chi connectivity index (χ0v) is 12.7. The van der Waals surface area contributed by atoms with E-state index in [2.05, 4.69) is 17.6 Å². The van der Waals surface area contributed by atoms with Crippen molar-refractivity contribution < 1.29 is 9.90 Å². The number of carbonyl (C=O) groups is 1. The molecular formula is C16H26N2O2. The van der Waals surface area contributed by atoms with Crippen LogP contribution in [0.1, 0.15) is 45.6 Å². The van der Waals surface area contributed by atoms with E-state index in [9.17, 15) is 9.90 Å². The van der Waals surface area contributed by atoms with E-state index in [1.54, 1.807) is 0 Å². The van der Waals surface area contributed by atoms with Crippen LogP contribution < -0.4 is 10.6 Å². The van der Waals surface area contributed by atoms with Gasteiger partial charge in [-0.3, -0.25) is 0 Å². The molecular weight excluding hydrogens is 252 g/mol. The Morgan fingerprint density at radius 2 is 1.85 bits per heavy atom. The molecule has 0 unspecified atom stereocenters. The minimum absolute atomic E-state index is 0.0516. The van der Waals surface area contributed by atoms with Gasteiger partial charge in [0.25, 0.3) is 0 Å². The van der Waals surface area contributed by atoms with Gasteiger partial charge in [-0.25, -0.2) is 4.79 Å². The van der Waals surface area contributed by atoms with Crippen molar-refractivity contribution in [2.75, 3.05) is 11.9 Å². The lowest BCUT2D eigenvalue weighted by molar-refractivity contribution is 0.155. The number of nitrogens with one attached hydrogen (secondary N) is 2. The van der Waals surface area contributed by atoms with Gasteiger partial charge in [0.1, 0.15) is 0 Å². The summed E-state index contributed by atoms with van der Waals surface area (Å²) in [6, 6.07) is 7.56. The van der Waals surface area contributed by atoms with Crippen molar-refractivity contribution >= 4 is 11.7 Å². The molecule has 4 heteroatoms. The number of para-hydroxylation sites is 1. The molecule has 1 aromatic carbocycles. The third-order valence-corrected chi connectivity index (χ3v) is 3.82. The molecule has 0 aromatic heterocycles. The Kier molecular flexibility index (Phi) is 6.52. The van der Waals surface area contributed by atoms with Gasteiger partial charge in [0.2, 0.25) is 0 Å². The zero-order valence-electron chi connectivity index (χ0n) is 12.7. The number of aryl methyl sites for hydroxylation is 1. The minimum Gasteiger partial charge on any atom is -0.394 e. The Labute approximate surface area is 121 Å². The Morgan fingerprint density at radius 3 is 2.40 bits per heavy atom. The Hall–Kier alpha value is -1.55. The molecule has 0 aliphatic rings. The van der Waals surface area contributed by atoms with Crippen molar-refractivity contribution in [1.29, 1.82) is 0 Å². The first-order chi connectivity index (χ1) is 9.60. The van der Waals surface area contributed by atoms with E-state index >= 15 is 0 Å². The third kappa shape index (κ3) is 4.23. The maximum Gasteiger partial charge on any atom is 0.319 e. The number of benzene rings is 1. The highest BCUT2D eigenvalue weighted by Crippen LogP contribution is 2.18. The van der Waals surface area contributed by atoms with Crippen LogP contribution in [0.15, 0.2) is 24.3 Å². The number of amides is 2. The topological polar surface area (TPSA) is 61.4 Å². The molecule has 2 amide bonds. The predicted octanol–water partition coefficient (Wildman–Crippen LogP) is 3.31. The standard InChI is InChI=1S/C16H26N2O2/c1-4-9-13-10-7-8-11-14(13)17-15(20)18-16(5-2,6-3)12-19/h7-8,10-11,19H,4-6,9,12H2,1-3H3,(H2,17,18,20). The SMILES string of the molecule is CCCc1ccccc1NC(=O)NC(CC)(CC)CO. The number of aliphatic hydroxyl groups is 1. The minimum atomic E-state index is -0.538. The zero-order chi connectivity index (χ0) is 15.0. The van der Waals surface area contributed by atoms with Gasteiger partial charge in [0.05, 0.1) is 12.1 Å². The Balaban J connectivity index is 2.76. The third-order valence-electron chi connectivity index (χ3n) is 3.82. The van der Waals surface area contributed by atoms with Crippen LogP contribution in [-0.4, -0.2) is 23.3 Å². The molecule has 20 heavy (non-hydrogen) atoms. The van der Waals surface area contributed by atoms with Gasteiger partial charge >= 0.3 is 6.03 Å². The van der Waals surface area contributed by atoms with E-state index < -0.39 is 5.54 Å². The highest BCUT2D eigenvalue weighted by molar-refractivity contribution is 5.90. The molecule has 0 heterocycles. The monoisotopic (exact) mass is 278 g/mol. The number of hydrogen-bond acceptors (Lipinski definition) is 2. The van der Waals surface area contributed by atoms with Gasteiger partial charge in [0, 0.05) is 5.69 Å². The summed E-state index contributed by atoms with van der Waals surface area (Å²) in [7, 11) is 0. The van der Waals surface area contributed by atoms with E-state index in [-0.39, 0.29) is 12.6 Å². The number of urea groups is 1. The number of anilines is 1. The molecule has 0 aliphatic heterocycles. The quantitative estimate of drug-likeness (QED) is 0.716. The summed E-state index contributed by atoms with van der Waals surface area (Å²) in [4.78, 5) is 12.1. The van der Waals surface area contributed by atoms with E-state index in [0.717, 1.165) is 24.1 Å². The fourth-order valence-corrected chi connectivity index (χ4v) is 2.21. The summed E-state index contributed by atoms with van der Waals surface area (Å²) in [5, 5.41) is 15.3. The van der Waals surface area contributed by atoms with Crippen molar-refractivity contribution in [2.45, 2.75) is 52.0 Å². The second-order valence-corrected chi connectivity index (χ2v) is 5.13. The molecule has 4 nitrogen and oxygen atoms in total. The molecule has 1 rings (SSSR count). The van der Waals surface area contributed by atoms with E-state index in [0.29, 0.717) is 12.8 Å². The maximum absolute atomic E-state index is 12.1. The molecule has 0 radical (unpaired) electrons. The van der Waals surface area contributed by atoms with Gasteiger partial charge in [-0.1, -0.05) is 45.4 Å². The number of carbonyl (C=O) groups excluding carboxylic acids is 1. The normalized spacial score (nSPS) is 11.2. The highest BCUT2D eigenvalue weighted by atomic mass is 16.3. The second-order valence-electron chi connectivity index (χ2n) is 5.13. The second kappa shape index (κ2) is 7.90.